The van der Waals surface area contributed by atoms with E-state index in [1.54, 1.807) is 0 Å². The summed E-state index contributed by atoms with van der Waals surface area (Å²) in [6, 6.07) is 21.5. The van der Waals surface area contributed by atoms with Crippen molar-refractivity contribution in [1.29, 1.82) is 5.26 Å². The van der Waals surface area contributed by atoms with Crippen molar-refractivity contribution in [2.75, 3.05) is 0 Å². The number of aryl methyl sites for hydroxylation is 1. The number of nitriles is 1. The third-order valence-corrected chi connectivity index (χ3v) is 5.41. The first-order valence-corrected chi connectivity index (χ1v) is 9.45. The van der Waals surface area contributed by atoms with Gasteiger partial charge in [0.05, 0.1) is 17.8 Å². The highest BCUT2D eigenvalue weighted by atomic mass is 16.3. The molecular formula is C26H18N2O. The second kappa shape index (κ2) is 6.54. The third-order valence-electron chi connectivity index (χ3n) is 5.41. The maximum absolute atomic E-state index is 9.96. The number of fused-ring (bicyclic) bond motifs is 3. The molecule has 0 N–H and O–H groups in total. The van der Waals surface area contributed by atoms with Gasteiger partial charge in [0.2, 0.25) is 0 Å². The summed E-state index contributed by atoms with van der Waals surface area (Å²) < 4.78 is 8.24. The van der Waals surface area contributed by atoms with Gasteiger partial charge in [-0.2, -0.15) is 0 Å². The first-order chi connectivity index (χ1) is 14.2. The van der Waals surface area contributed by atoms with E-state index in [1.807, 2.05) is 71.5 Å². The topological polar surface area (TPSA) is 38.1 Å². The molecule has 5 rings (SSSR count). The second-order valence-corrected chi connectivity index (χ2v) is 7.13. The van der Waals surface area contributed by atoms with Crippen LogP contribution in [0.25, 0.3) is 33.1 Å². The average Bonchev–Trinajstić information content (AvgIpc) is 3.13. The van der Waals surface area contributed by atoms with Crippen molar-refractivity contribution in [3.63, 3.8) is 0 Å². The number of hydrogen-bond acceptors (Lipinski definition) is 1. The molecule has 0 atom stereocenters. The van der Waals surface area contributed by atoms with Gasteiger partial charge in [0, 0.05) is 16.8 Å². The molecule has 1 aliphatic heterocycles. The van der Waals surface area contributed by atoms with Crippen LogP contribution in [0.15, 0.2) is 83.4 Å². The molecule has 1 aliphatic rings. The summed E-state index contributed by atoms with van der Waals surface area (Å²) in [6.07, 6.45) is 7.89. The molecule has 0 saturated carbocycles. The van der Waals surface area contributed by atoms with Gasteiger partial charge in [-0.15, -0.1) is 18.2 Å². The maximum Gasteiger partial charge on any atom is 0.303 e. The predicted octanol–water partition coefficient (Wildman–Crippen LogP) is 6.11. The molecule has 0 unspecified atom stereocenters. The van der Waals surface area contributed by atoms with Crippen LogP contribution in [0.1, 0.15) is 16.7 Å². The third kappa shape index (κ3) is 2.58. The zero-order valence-electron chi connectivity index (χ0n) is 16.0. The monoisotopic (exact) mass is 374 g/mol. The minimum atomic E-state index is 0.559. The van der Waals surface area contributed by atoms with E-state index < -0.39 is 0 Å². The van der Waals surface area contributed by atoms with Crippen molar-refractivity contribution < 1.29 is 8.99 Å². The number of rotatable bonds is 2. The smallest absolute Gasteiger partial charge is 0.272 e. The van der Waals surface area contributed by atoms with E-state index in [4.69, 9.17) is 4.42 Å². The highest BCUT2D eigenvalue weighted by molar-refractivity contribution is 6.09. The molecule has 29 heavy (non-hydrogen) atoms. The van der Waals surface area contributed by atoms with Crippen LogP contribution in [0.4, 0.5) is 0 Å². The van der Waals surface area contributed by atoms with Crippen molar-refractivity contribution in [2.45, 2.75) is 6.92 Å². The Bertz CT molecular complexity index is 1380. The zero-order valence-corrected chi connectivity index (χ0v) is 16.0. The summed E-state index contributed by atoms with van der Waals surface area (Å²) >= 11 is 0. The minimum absolute atomic E-state index is 0.559. The van der Waals surface area contributed by atoms with Crippen LogP contribution in [0.3, 0.4) is 0 Å². The lowest BCUT2D eigenvalue weighted by Gasteiger charge is -2.16. The Balaban J connectivity index is 1.83. The van der Waals surface area contributed by atoms with Crippen molar-refractivity contribution in [2.24, 2.45) is 0 Å². The summed E-state index contributed by atoms with van der Waals surface area (Å²) in [5.41, 5.74) is 5.95. The lowest BCUT2D eigenvalue weighted by molar-refractivity contribution is -0.417. The molecule has 3 heteroatoms. The van der Waals surface area contributed by atoms with Gasteiger partial charge in [-0.05, 0) is 11.6 Å². The van der Waals surface area contributed by atoms with Crippen LogP contribution >= 0.6 is 0 Å². The first-order valence-electron chi connectivity index (χ1n) is 9.45. The van der Waals surface area contributed by atoms with Gasteiger partial charge in [0.25, 0.3) is 5.58 Å². The van der Waals surface area contributed by atoms with E-state index in [9.17, 15) is 5.26 Å². The Hall–Kier alpha value is -4.03. The fourth-order valence-electron chi connectivity index (χ4n) is 3.99. The average molecular weight is 374 g/mol. The van der Waals surface area contributed by atoms with Crippen LogP contribution in [-0.4, -0.2) is 11.3 Å². The Morgan fingerprint density at radius 3 is 2.62 bits per heavy atom. The van der Waals surface area contributed by atoms with Crippen LogP contribution in [0, 0.1) is 24.3 Å². The summed E-state index contributed by atoms with van der Waals surface area (Å²) in [7, 11) is 0. The van der Waals surface area contributed by atoms with Crippen molar-refractivity contribution in [3.8, 4) is 17.2 Å². The van der Waals surface area contributed by atoms with Gasteiger partial charge in [-0.3, -0.25) is 8.99 Å². The summed E-state index contributed by atoms with van der Waals surface area (Å²) in [6.45, 7) is 6.17. The summed E-state index contributed by atoms with van der Waals surface area (Å²) in [4.78, 5) is 0. The van der Waals surface area contributed by atoms with Crippen molar-refractivity contribution in [3.05, 3.63) is 102 Å². The van der Waals surface area contributed by atoms with Gasteiger partial charge in [-0.1, -0.05) is 66.6 Å². The highest BCUT2D eigenvalue weighted by Gasteiger charge is 2.27. The van der Waals surface area contributed by atoms with Crippen LogP contribution in [0.5, 0.6) is 0 Å². The Labute approximate surface area is 169 Å². The normalized spacial score (nSPS) is 13.4. The van der Waals surface area contributed by atoms with Gasteiger partial charge >= 0.3 is 5.58 Å². The van der Waals surface area contributed by atoms with Crippen LogP contribution < -0.4 is 0 Å². The molecule has 0 radical (unpaired) electrons. The SMILES string of the molecule is C=[N+]1C=CC=C[C-]1c1c(C)ccc2c1[o+][c-]1c(C#N)c(-c3ccccc3)ccc21. The van der Waals surface area contributed by atoms with E-state index >= 15 is 0 Å². The van der Waals surface area contributed by atoms with Crippen LogP contribution in [0.2, 0.25) is 0 Å². The molecule has 0 saturated heterocycles. The molecule has 0 bridgehead atoms. The first kappa shape index (κ1) is 17.1. The van der Waals surface area contributed by atoms with Crippen molar-refractivity contribution in [1.82, 2.24) is 0 Å². The standard InChI is InChI=1S/C26H18N2O/c1-17-11-12-21-20-14-13-19(18-8-4-3-5-9-18)22(16-27)25(20)29-26(21)24(17)23-10-6-7-15-28(23)2/h3-15H,2H2,1H3. The Morgan fingerprint density at radius 2 is 1.86 bits per heavy atom. The van der Waals surface area contributed by atoms with E-state index in [1.165, 1.54) is 0 Å². The molecule has 3 aromatic carbocycles. The fraction of sp³-hybridized carbons (Fsp3) is 0.0385. The van der Waals surface area contributed by atoms with Crippen molar-refractivity contribution >= 4 is 28.7 Å². The number of nitrogens with zero attached hydrogens (tertiary/aromatic N) is 2. The molecule has 0 fully saturated rings. The molecule has 1 aromatic heterocycles. The molecule has 4 aromatic rings. The van der Waals surface area contributed by atoms with Gasteiger partial charge < -0.3 is 0 Å². The molecule has 0 spiro atoms. The maximum atomic E-state index is 9.96. The van der Waals surface area contributed by atoms with Crippen LogP contribution in [-0.2, 0) is 0 Å². The number of furan rings is 1. The fourth-order valence-corrected chi connectivity index (χ4v) is 3.99. The molecule has 0 aliphatic carbocycles. The lowest BCUT2D eigenvalue weighted by atomic mass is 9.95. The molecular weight excluding hydrogens is 356 g/mol. The predicted molar refractivity (Wildman–Crippen MR) is 117 cm³/mol. The van der Waals surface area contributed by atoms with E-state index in [2.05, 4.69) is 31.8 Å². The number of allylic oxidation sites excluding steroid dienone is 2. The summed E-state index contributed by atoms with van der Waals surface area (Å²) in [5, 5.41) is 11.9. The van der Waals surface area contributed by atoms with E-state index in [0.29, 0.717) is 11.1 Å². The van der Waals surface area contributed by atoms with E-state index in [-0.39, 0.29) is 0 Å². The number of benzene rings is 3. The van der Waals surface area contributed by atoms with E-state index in [0.717, 1.165) is 44.7 Å². The number of hydrogen-bond donors (Lipinski definition) is 0. The largest absolute Gasteiger partial charge is 0.303 e. The summed E-state index contributed by atoms with van der Waals surface area (Å²) in [5.74, 6) is 0. The molecule has 0 amide bonds. The van der Waals surface area contributed by atoms with Gasteiger partial charge in [0.1, 0.15) is 6.20 Å². The lowest BCUT2D eigenvalue weighted by Crippen LogP contribution is -2.14. The zero-order chi connectivity index (χ0) is 20.0. The quantitative estimate of drug-likeness (QED) is 0.241. The Morgan fingerprint density at radius 1 is 1.03 bits per heavy atom. The minimum Gasteiger partial charge on any atom is -0.272 e. The molecule has 2 heterocycles. The van der Waals surface area contributed by atoms with Gasteiger partial charge in [0.15, 0.2) is 6.04 Å². The highest BCUT2D eigenvalue weighted by Crippen LogP contribution is 2.40. The molecule has 3 nitrogen and oxygen atoms in total. The second-order valence-electron chi connectivity index (χ2n) is 7.13. The molecule has 138 valence electrons. The van der Waals surface area contributed by atoms with Gasteiger partial charge in [-0.25, -0.2) is 5.26 Å². The Kier molecular flexibility index (Phi) is 3.86.